The Hall–Kier alpha value is -2.47. The van der Waals surface area contributed by atoms with Crippen LogP contribution < -0.4 is 15.4 Å². The topological polar surface area (TPSA) is 67.4 Å². The lowest BCUT2D eigenvalue weighted by Crippen LogP contribution is -2.47. The molecule has 0 bridgehead atoms. The summed E-state index contributed by atoms with van der Waals surface area (Å²) in [5.74, 6) is 1.06. The number of thioether (sulfide) groups is 1. The lowest BCUT2D eigenvalue weighted by atomic mass is 10.0. The molecule has 0 aliphatic heterocycles. The first-order valence-electron chi connectivity index (χ1n) is 9.67. The molecular weight excluding hydrogens is 384 g/mol. The summed E-state index contributed by atoms with van der Waals surface area (Å²) in [5, 5.41) is 5.93. The zero-order valence-electron chi connectivity index (χ0n) is 17.7. The number of hydrogen-bond donors (Lipinski definition) is 2. The predicted octanol–water partition coefficient (Wildman–Crippen LogP) is 4.04. The SMILES string of the molecule is COc1ccc(C)cc1C(C)NC(=O)C(CCSC)NC(=O)c1cccc(C)c1. The highest BCUT2D eigenvalue weighted by molar-refractivity contribution is 7.98. The fourth-order valence-corrected chi connectivity index (χ4v) is 3.59. The summed E-state index contributed by atoms with van der Waals surface area (Å²) in [6, 6.07) is 12.4. The van der Waals surface area contributed by atoms with Gasteiger partial charge in [0.25, 0.3) is 5.91 Å². The number of hydrogen-bond acceptors (Lipinski definition) is 4. The largest absolute Gasteiger partial charge is 0.496 e. The van der Waals surface area contributed by atoms with E-state index in [0.29, 0.717) is 12.0 Å². The van der Waals surface area contributed by atoms with Gasteiger partial charge in [0.15, 0.2) is 0 Å². The third-order valence-electron chi connectivity index (χ3n) is 4.72. The van der Waals surface area contributed by atoms with Gasteiger partial charge >= 0.3 is 0 Å². The van der Waals surface area contributed by atoms with Crippen molar-refractivity contribution in [3.63, 3.8) is 0 Å². The van der Waals surface area contributed by atoms with Gasteiger partial charge in [0.2, 0.25) is 5.91 Å². The summed E-state index contributed by atoms with van der Waals surface area (Å²) in [5.41, 5.74) is 3.56. The van der Waals surface area contributed by atoms with Gasteiger partial charge in [0.05, 0.1) is 13.2 Å². The zero-order chi connectivity index (χ0) is 21.4. The lowest BCUT2D eigenvalue weighted by molar-refractivity contribution is -0.123. The molecule has 2 amide bonds. The molecule has 0 saturated heterocycles. The summed E-state index contributed by atoms with van der Waals surface area (Å²) >= 11 is 1.64. The van der Waals surface area contributed by atoms with Crippen LogP contribution in [0, 0.1) is 13.8 Å². The molecule has 29 heavy (non-hydrogen) atoms. The van der Waals surface area contributed by atoms with Crippen molar-refractivity contribution in [3.8, 4) is 5.75 Å². The second kappa shape index (κ2) is 10.9. The van der Waals surface area contributed by atoms with Crippen LogP contribution in [-0.4, -0.2) is 37.0 Å². The van der Waals surface area contributed by atoms with Crippen LogP contribution in [0.1, 0.15) is 46.4 Å². The second-order valence-electron chi connectivity index (χ2n) is 7.15. The molecule has 0 fully saturated rings. The molecule has 2 atom stereocenters. The van der Waals surface area contributed by atoms with E-state index in [1.54, 1.807) is 24.9 Å². The smallest absolute Gasteiger partial charge is 0.251 e. The minimum Gasteiger partial charge on any atom is -0.496 e. The fraction of sp³-hybridized carbons (Fsp3) is 0.391. The van der Waals surface area contributed by atoms with Crippen LogP contribution in [-0.2, 0) is 4.79 Å². The van der Waals surface area contributed by atoms with Gasteiger partial charge in [0.1, 0.15) is 11.8 Å². The summed E-state index contributed by atoms with van der Waals surface area (Å²) in [7, 11) is 1.62. The second-order valence-corrected chi connectivity index (χ2v) is 8.14. The van der Waals surface area contributed by atoms with E-state index in [4.69, 9.17) is 4.74 Å². The maximum atomic E-state index is 13.0. The number of aryl methyl sites for hydroxylation is 2. The Bertz CT molecular complexity index is 854. The van der Waals surface area contributed by atoms with Crippen LogP contribution in [0.15, 0.2) is 42.5 Å². The van der Waals surface area contributed by atoms with Crippen molar-refractivity contribution in [3.05, 3.63) is 64.7 Å². The van der Waals surface area contributed by atoms with Crippen LogP contribution in [0.5, 0.6) is 5.75 Å². The quantitative estimate of drug-likeness (QED) is 0.650. The van der Waals surface area contributed by atoms with Gasteiger partial charge in [0, 0.05) is 11.1 Å². The minimum absolute atomic E-state index is 0.198. The first-order valence-corrected chi connectivity index (χ1v) is 11.1. The van der Waals surface area contributed by atoms with E-state index in [1.165, 1.54) is 0 Å². The number of carbonyl (C=O) groups excluding carboxylic acids is 2. The van der Waals surface area contributed by atoms with Crippen LogP contribution >= 0.6 is 11.8 Å². The molecule has 2 rings (SSSR count). The molecule has 2 N–H and O–H groups in total. The van der Waals surface area contributed by atoms with Crippen molar-refractivity contribution in [2.45, 2.75) is 39.3 Å². The normalized spacial score (nSPS) is 12.7. The maximum absolute atomic E-state index is 13.0. The summed E-state index contributed by atoms with van der Waals surface area (Å²) in [6.07, 6.45) is 2.54. The number of benzene rings is 2. The van der Waals surface area contributed by atoms with E-state index in [2.05, 4.69) is 10.6 Å². The molecule has 0 spiro atoms. The highest BCUT2D eigenvalue weighted by atomic mass is 32.2. The Morgan fingerprint density at radius 1 is 1.07 bits per heavy atom. The Balaban J connectivity index is 2.14. The monoisotopic (exact) mass is 414 g/mol. The van der Waals surface area contributed by atoms with Crippen molar-refractivity contribution in [2.75, 3.05) is 19.1 Å². The minimum atomic E-state index is -0.603. The average molecular weight is 415 g/mol. The Morgan fingerprint density at radius 2 is 1.79 bits per heavy atom. The number of ether oxygens (including phenoxy) is 1. The molecular formula is C23H30N2O3S. The zero-order valence-corrected chi connectivity index (χ0v) is 18.6. The van der Waals surface area contributed by atoms with Gasteiger partial charge in [-0.1, -0.05) is 35.4 Å². The van der Waals surface area contributed by atoms with Crippen LogP contribution in [0.2, 0.25) is 0 Å². The molecule has 0 radical (unpaired) electrons. The maximum Gasteiger partial charge on any atom is 0.251 e. The molecule has 2 aromatic rings. The highest BCUT2D eigenvalue weighted by Gasteiger charge is 2.24. The van der Waals surface area contributed by atoms with Crippen molar-refractivity contribution in [2.24, 2.45) is 0 Å². The van der Waals surface area contributed by atoms with E-state index in [1.807, 2.05) is 63.4 Å². The van der Waals surface area contributed by atoms with E-state index < -0.39 is 6.04 Å². The Labute approximate surface area is 177 Å². The predicted molar refractivity (Wildman–Crippen MR) is 120 cm³/mol. The van der Waals surface area contributed by atoms with Gasteiger partial charge < -0.3 is 15.4 Å². The Kier molecular flexibility index (Phi) is 8.58. The summed E-state index contributed by atoms with van der Waals surface area (Å²) < 4.78 is 5.44. The van der Waals surface area contributed by atoms with E-state index >= 15 is 0 Å². The number of rotatable bonds is 9. The molecule has 6 heteroatoms. The van der Waals surface area contributed by atoms with Crippen LogP contribution in [0.3, 0.4) is 0 Å². The molecule has 0 aromatic heterocycles. The molecule has 0 saturated carbocycles. The van der Waals surface area contributed by atoms with Gasteiger partial charge in [-0.15, -0.1) is 0 Å². The van der Waals surface area contributed by atoms with E-state index in [9.17, 15) is 9.59 Å². The van der Waals surface area contributed by atoms with E-state index in [0.717, 1.165) is 28.2 Å². The molecule has 5 nitrogen and oxygen atoms in total. The number of carbonyl (C=O) groups is 2. The fourth-order valence-electron chi connectivity index (χ4n) is 3.12. The molecule has 156 valence electrons. The van der Waals surface area contributed by atoms with Crippen LogP contribution in [0.25, 0.3) is 0 Å². The van der Waals surface area contributed by atoms with Gasteiger partial charge in [-0.3, -0.25) is 9.59 Å². The third kappa shape index (κ3) is 6.53. The van der Waals surface area contributed by atoms with Crippen molar-refractivity contribution < 1.29 is 14.3 Å². The summed E-state index contributed by atoms with van der Waals surface area (Å²) in [6.45, 7) is 5.86. The van der Waals surface area contributed by atoms with Gasteiger partial charge in [-0.2, -0.15) is 11.8 Å². The molecule has 0 aliphatic rings. The van der Waals surface area contributed by atoms with Crippen molar-refractivity contribution in [1.82, 2.24) is 10.6 Å². The molecule has 2 unspecified atom stereocenters. The molecule has 2 aromatic carbocycles. The van der Waals surface area contributed by atoms with Crippen molar-refractivity contribution >= 4 is 23.6 Å². The average Bonchev–Trinajstić information content (AvgIpc) is 2.70. The molecule has 0 heterocycles. The standard InChI is InChI=1S/C23H30N2O3S/c1-15-7-6-8-18(13-15)22(26)25-20(11-12-29-5)23(27)24-17(3)19-14-16(2)9-10-21(19)28-4/h6-10,13-14,17,20H,11-12H2,1-5H3,(H,24,27)(H,25,26). The lowest BCUT2D eigenvalue weighted by Gasteiger charge is -2.23. The molecule has 0 aliphatic carbocycles. The van der Waals surface area contributed by atoms with Gasteiger partial charge in [-0.25, -0.2) is 0 Å². The number of methoxy groups -OCH3 is 1. The number of nitrogens with one attached hydrogen (secondary N) is 2. The summed E-state index contributed by atoms with van der Waals surface area (Å²) in [4.78, 5) is 25.6. The first-order chi connectivity index (χ1) is 13.8. The first kappa shape index (κ1) is 22.8. The van der Waals surface area contributed by atoms with Crippen molar-refractivity contribution in [1.29, 1.82) is 0 Å². The third-order valence-corrected chi connectivity index (χ3v) is 5.37. The Morgan fingerprint density at radius 3 is 2.45 bits per heavy atom. The van der Waals surface area contributed by atoms with E-state index in [-0.39, 0.29) is 17.9 Å². The van der Waals surface area contributed by atoms with Gasteiger partial charge in [-0.05, 0) is 57.4 Å². The number of amides is 2. The van der Waals surface area contributed by atoms with Crippen LogP contribution in [0.4, 0.5) is 0 Å². The highest BCUT2D eigenvalue weighted by Crippen LogP contribution is 2.26.